The Bertz CT molecular complexity index is 1750. The van der Waals surface area contributed by atoms with Gasteiger partial charge in [0.15, 0.2) is 11.6 Å². The fraction of sp³-hybridized carbons (Fsp3) is 0.222. The number of anilines is 2. The number of ketones is 2. The molecule has 4 rings (SSSR count). The first-order chi connectivity index (χ1) is 23.3. The molecule has 0 fully saturated rings. The molecule has 0 spiro atoms. The molecule has 0 radical (unpaired) electrons. The van der Waals surface area contributed by atoms with Crippen LogP contribution in [0, 0.1) is 0 Å². The first-order valence-corrected chi connectivity index (χ1v) is 16.7. The number of Topliss-reactive ketones (excluding diaryl/α,β-unsaturated/α-hetero) is 2. The van der Waals surface area contributed by atoms with Crippen LogP contribution in [0.25, 0.3) is 0 Å². The van der Waals surface area contributed by atoms with Gasteiger partial charge in [0.1, 0.15) is 23.0 Å². The van der Waals surface area contributed by atoms with Crippen molar-refractivity contribution in [3.63, 3.8) is 0 Å². The van der Waals surface area contributed by atoms with Crippen LogP contribution in [0.1, 0.15) is 58.5 Å². The number of benzene rings is 4. The Labute approximate surface area is 312 Å². The van der Waals surface area contributed by atoms with Gasteiger partial charge in [0, 0.05) is 50.2 Å². The Kier molecular flexibility index (Phi) is 14.8. The van der Waals surface area contributed by atoms with Gasteiger partial charge < -0.3 is 34.0 Å². The predicted octanol–water partition coefficient (Wildman–Crippen LogP) is 3.18. The van der Waals surface area contributed by atoms with Crippen LogP contribution in [-0.4, -0.2) is 37.6 Å². The minimum absolute atomic E-state index is 0. The predicted molar refractivity (Wildman–Crippen MR) is 182 cm³/mol. The molecule has 14 heteroatoms. The van der Waals surface area contributed by atoms with E-state index in [2.05, 4.69) is 10.6 Å². The van der Waals surface area contributed by atoms with E-state index in [1.54, 1.807) is 24.3 Å². The molecule has 0 aliphatic rings. The second kappa shape index (κ2) is 18.5. The molecule has 256 valence electrons. The van der Waals surface area contributed by atoms with E-state index in [1.807, 2.05) is 24.3 Å². The summed E-state index contributed by atoms with van der Waals surface area (Å²) in [5.41, 5.74) is 3.60. The SMILES string of the molecule is COc1cc(OP(=O)([O-])Oc2ccc(C(=O)CCc3ccc(NC(C)=O)cc3)c(OC)c2)ccc1C(=O)CCc1ccc(NC(C)=O)cc1.[Na+]. The van der Waals surface area contributed by atoms with Crippen LogP contribution in [-0.2, 0) is 27.0 Å². The van der Waals surface area contributed by atoms with Crippen LogP contribution in [0.15, 0.2) is 84.9 Å². The van der Waals surface area contributed by atoms with E-state index in [0.717, 1.165) is 11.1 Å². The minimum Gasteiger partial charge on any atom is -0.736 e. The van der Waals surface area contributed by atoms with Crippen molar-refractivity contribution in [1.29, 1.82) is 0 Å². The Hall–Kier alpha value is -4.45. The topological polar surface area (TPSA) is 169 Å². The molecule has 0 aromatic heterocycles. The second-order valence-electron chi connectivity index (χ2n) is 11.0. The molecule has 4 aromatic rings. The van der Waals surface area contributed by atoms with Gasteiger partial charge in [-0.1, -0.05) is 24.3 Å². The molecular weight excluding hydrogens is 674 g/mol. The number of amides is 2. The van der Waals surface area contributed by atoms with Gasteiger partial charge in [0.2, 0.25) is 11.8 Å². The van der Waals surface area contributed by atoms with Crippen molar-refractivity contribution in [2.75, 3.05) is 24.9 Å². The molecular formula is C36H36N2NaO10P. The molecule has 0 saturated heterocycles. The number of aryl methyl sites for hydroxylation is 2. The zero-order chi connectivity index (χ0) is 35.6. The van der Waals surface area contributed by atoms with Crippen molar-refractivity contribution in [3.05, 3.63) is 107 Å². The summed E-state index contributed by atoms with van der Waals surface area (Å²) in [5, 5.41) is 5.37. The summed E-state index contributed by atoms with van der Waals surface area (Å²) < 4.78 is 33.8. The van der Waals surface area contributed by atoms with Gasteiger partial charge in [-0.2, -0.15) is 0 Å². The average molecular weight is 711 g/mol. The van der Waals surface area contributed by atoms with E-state index in [-0.39, 0.29) is 99.9 Å². The first-order valence-electron chi connectivity index (χ1n) is 15.2. The minimum atomic E-state index is -4.99. The second-order valence-corrected chi connectivity index (χ2v) is 12.2. The molecule has 0 aliphatic carbocycles. The number of hydrogen-bond donors (Lipinski definition) is 2. The van der Waals surface area contributed by atoms with E-state index < -0.39 is 7.82 Å². The van der Waals surface area contributed by atoms with E-state index in [0.29, 0.717) is 24.2 Å². The summed E-state index contributed by atoms with van der Waals surface area (Å²) in [6.07, 6.45) is 1.19. The van der Waals surface area contributed by atoms with Crippen LogP contribution in [0.5, 0.6) is 23.0 Å². The van der Waals surface area contributed by atoms with E-state index in [1.165, 1.54) is 64.5 Å². The number of ether oxygens (including phenoxy) is 2. The Morgan fingerprint density at radius 2 is 0.980 bits per heavy atom. The van der Waals surface area contributed by atoms with Gasteiger partial charge in [-0.15, -0.1) is 0 Å². The van der Waals surface area contributed by atoms with Crippen molar-refractivity contribution < 1.29 is 76.7 Å². The smallest absolute Gasteiger partial charge is 0.736 e. The molecule has 0 heterocycles. The van der Waals surface area contributed by atoms with Crippen molar-refractivity contribution in [2.24, 2.45) is 0 Å². The van der Waals surface area contributed by atoms with Crippen molar-refractivity contribution in [2.45, 2.75) is 39.5 Å². The maximum absolute atomic E-state index is 13.0. The molecule has 0 atom stereocenters. The van der Waals surface area contributed by atoms with Gasteiger partial charge in [0.25, 0.3) is 0 Å². The maximum atomic E-state index is 13.0. The fourth-order valence-corrected chi connectivity index (χ4v) is 5.68. The van der Waals surface area contributed by atoms with Crippen LogP contribution in [0.3, 0.4) is 0 Å². The van der Waals surface area contributed by atoms with Gasteiger partial charge in [-0.3, -0.25) is 19.2 Å². The Morgan fingerprint density at radius 3 is 1.30 bits per heavy atom. The number of hydrogen-bond acceptors (Lipinski definition) is 10. The van der Waals surface area contributed by atoms with Gasteiger partial charge in [-0.25, -0.2) is 4.57 Å². The summed E-state index contributed by atoms with van der Waals surface area (Å²) in [6.45, 7) is 2.84. The number of nitrogens with one attached hydrogen (secondary N) is 2. The van der Waals surface area contributed by atoms with E-state index in [9.17, 15) is 28.6 Å². The van der Waals surface area contributed by atoms with E-state index >= 15 is 0 Å². The molecule has 0 saturated carbocycles. The Balaban J connectivity index is 0.00000676. The first kappa shape index (κ1) is 40.0. The van der Waals surface area contributed by atoms with E-state index in [4.69, 9.17) is 18.5 Å². The third-order valence-electron chi connectivity index (χ3n) is 7.21. The average Bonchev–Trinajstić information content (AvgIpc) is 3.06. The van der Waals surface area contributed by atoms with Crippen LogP contribution in [0.2, 0.25) is 0 Å². The van der Waals surface area contributed by atoms with Crippen LogP contribution >= 0.6 is 7.82 Å². The van der Waals surface area contributed by atoms with Crippen molar-refractivity contribution in [1.82, 2.24) is 0 Å². The molecule has 4 aromatic carbocycles. The maximum Gasteiger partial charge on any atom is 1.00 e. The zero-order valence-electron chi connectivity index (χ0n) is 28.4. The fourth-order valence-electron chi connectivity index (χ4n) is 4.90. The molecule has 2 N–H and O–H groups in total. The molecule has 0 unspecified atom stereocenters. The van der Waals surface area contributed by atoms with Crippen molar-refractivity contribution >= 4 is 42.6 Å². The number of carbonyl (C=O) groups is 4. The van der Waals surface area contributed by atoms with Gasteiger partial charge >= 0.3 is 37.4 Å². The normalized spacial score (nSPS) is 10.7. The summed E-state index contributed by atoms with van der Waals surface area (Å²) >= 11 is 0. The number of phosphoric ester groups is 1. The largest absolute Gasteiger partial charge is 1.00 e. The zero-order valence-corrected chi connectivity index (χ0v) is 31.3. The number of carbonyl (C=O) groups excluding carboxylic acids is 4. The molecule has 0 bridgehead atoms. The number of methoxy groups -OCH3 is 2. The Morgan fingerprint density at radius 1 is 0.620 bits per heavy atom. The standard InChI is InChI=1S/C36H37N2O10P.Na/c1-23(39)37-27-11-5-25(6-12-27)9-19-33(41)31-17-15-29(21-35(31)45-3)47-49(43,44)48-30-16-18-32(36(22-30)46-4)34(42)20-10-26-7-13-28(14-8-26)38-24(2)40;/h5-8,11-18,21-22H,9-10,19-20H2,1-4H3,(H,37,39)(H,38,40)(H,43,44);/q;+1/p-1. The molecule has 12 nitrogen and oxygen atoms in total. The van der Waals surface area contributed by atoms with Crippen LogP contribution < -0.4 is 63.6 Å². The number of rotatable bonds is 16. The number of phosphoric acid groups is 1. The van der Waals surface area contributed by atoms with Gasteiger partial charge in [-0.05, 0) is 72.5 Å². The third-order valence-corrected chi connectivity index (χ3v) is 8.08. The summed E-state index contributed by atoms with van der Waals surface area (Å²) in [7, 11) is -2.29. The van der Waals surface area contributed by atoms with Gasteiger partial charge in [0.05, 0.1) is 25.3 Å². The molecule has 2 amide bonds. The van der Waals surface area contributed by atoms with Crippen molar-refractivity contribution in [3.8, 4) is 23.0 Å². The summed E-state index contributed by atoms with van der Waals surface area (Å²) in [4.78, 5) is 61.2. The monoisotopic (exact) mass is 710 g/mol. The summed E-state index contributed by atoms with van der Waals surface area (Å²) in [5.74, 6) is -0.832. The summed E-state index contributed by atoms with van der Waals surface area (Å²) in [6, 6.07) is 22.3. The molecule has 0 aliphatic heterocycles. The molecule has 50 heavy (non-hydrogen) atoms. The quantitative estimate of drug-likeness (QED) is 0.100. The van der Waals surface area contributed by atoms with Crippen LogP contribution in [0.4, 0.5) is 11.4 Å². The third kappa shape index (κ3) is 11.9.